The van der Waals surface area contributed by atoms with Gasteiger partial charge in [-0.25, -0.2) is 4.39 Å². The maximum Gasteiger partial charge on any atom is 0.416 e. The minimum absolute atomic E-state index is 0.156. The molecule has 5 rings (SSSR count). The van der Waals surface area contributed by atoms with Crippen molar-refractivity contribution in [3.05, 3.63) is 119 Å². The summed E-state index contributed by atoms with van der Waals surface area (Å²) in [6.45, 7) is 4.22. The number of ether oxygens (including phenoxy) is 1. The molecule has 0 aliphatic carbocycles. The molecule has 1 amide bonds. The van der Waals surface area contributed by atoms with Gasteiger partial charge in [-0.05, 0) is 103 Å². The summed E-state index contributed by atoms with van der Waals surface area (Å²) in [7, 11) is 0. The molecular weight excluding hydrogens is 568 g/mol. The molecule has 0 radical (unpaired) electrons. The average Bonchev–Trinajstić information content (AvgIpc) is 2.93. The van der Waals surface area contributed by atoms with Crippen LogP contribution in [-0.4, -0.2) is 24.1 Å². The van der Waals surface area contributed by atoms with Crippen molar-refractivity contribution in [3.63, 3.8) is 0 Å². The highest BCUT2D eigenvalue weighted by molar-refractivity contribution is 6.30. The Hall–Kier alpha value is -4.04. The van der Waals surface area contributed by atoms with E-state index in [1.54, 1.807) is 26.0 Å². The van der Waals surface area contributed by atoms with Gasteiger partial charge in [0, 0.05) is 23.8 Å². The zero-order valence-electron chi connectivity index (χ0n) is 23.0. The first-order valence-electron chi connectivity index (χ1n) is 13.4. The Kier molecular flexibility index (Phi) is 8.19. The maximum atomic E-state index is 13.5. The molecule has 4 aromatic carbocycles. The van der Waals surface area contributed by atoms with E-state index in [4.69, 9.17) is 16.3 Å². The minimum atomic E-state index is -4.46. The molecule has 218 valence electrons. The zero-order valence-corrected chi connectivity index (χ0v) is 23.8. The Labute approximate surface area is 246 Å². The Bertz CT molecular complexity index is 1570. The Morgan fingerprint density at radius 1 is 0.952 bits per heavy atom. The second-order valence-corrected chi connectivity index (χ2v) is 11.3. The van der Waals surface area contributed by atoms with E-state index in [1.807, 2.05) is 36.4 Å². The smallest absolute Gasteiger partial charge is 0.416 e. The molecule has 42 heavy (non-hydrogen) atoms. The van der Waals surface area contributed by atoms with Gasteiger partial charge >= 0.3 is 6.18 Å². The zero-order chi connectivity index (χ0) is 30.1. The van der Waals surface area contributed by atoms with Crippen LogP contribution in [0, 0.1) is 5.82 Å². The normalized spacial score (nSPS) is 15.2. The van der Waals surface area contributed by atoms with Gasteiger partial charge in [-0.2, -0.15) is 13.2 Å². The molecule has 1 N–H and O–H groups in total. The van der Waals surface area contributed by atoms with Gasteiger partial charge in [0.05, 0.1) is 11.6 Å². The average molecular weight is 597 g/mol. The summed E-state index contributed by atoms with van der Waals surface area (Å²) in [6, 6.07) is 23.9. The van der Waals surface area contributed by atoms with E-state index in [2.05, 4.69) is 16.3 Å². The Balaban J connectivity index is 1.37. The lowest BCUT2D eigenvalue weighted by Gasteiger charge is -2.38. The number of alkyl halides is 3. The number of rotatable bonds is 7. The molecule has 1 aliphatic heterocycles. The van der Waals surface area contributed by atoms with Crippen molar-refractivity contribution in [2.75, 3.05) is 11.4 Å². The quantitative estimate of drug-likeness (QED) is 0.219. The first kappa shape index (κ1) is 29.5. The molecule has 0 fully saturated rings. The molecule has 0 bridgehead atoms. The van der Waals surface area contributed by atoms with Crippen LogP contribution in [0.15, 0.2) is 91.0 Å². The van der Waals surface area contributed by atoms with Crippen LogP contribution < -0.4 is 15.0 Å². The topological polar surface area (TPSA) is 41.6 Å². The number of nitrogens with zero attached hydrogens (tertiary/aromatic N) is 1. The molecule has 0 saturated heterocycles. The summed E-state index contributed by atoms with van der Waals surface area (Å²) < 4.78 is 58.2. The minimum Gasteiger partial charge on any atom is -0.478 e. The van der Waals surface area contributed by atoms with Crippen molar-refractivity contribution in [3.8, 4) is 16.9 Å². The predicted molar refractivity (Wildman–Crippen MR) is 156 cm³/mol. The molecule has 1 atom stereocenters. The highest BCUT2D eigenvalue weighted by Crippen LogP contribution is 2.34. The number of anilines is 1. The number of hydrogen-bond acceptors (Lipinski definition) is 3. The van der Waals surface area contributed by atoms with E-state index >= 15 is 0 Å². The van der Waals surface area contributed by atoms with Crippen LogP contribution in [0.1, 0.15) is 30.5 Å². The number of nitrogens with one attached hydrogen (secondary N) is 1. The van der Waals surface area contributed by atoms with Crippen molar-refractivity contribution in [2.45, 2.75) is 44.6 Å². The summed E-state index contributed by atoms with van der Waals surface area (Å²) in [5.74, 6) is -0.551. The highest BCUT2D eigenvalue weighted by Gasteiger charge is 2.35. The molecule has 4 aromatic rings. The number of hydrogen-bond donors (Lipinski definition) is 1. The van der Waals surface area contributed by atoms with Crippen LogP contribution in [0.4, 0.5) is 23.2 Å². The number of benzene rings is 4. The van der Waals surface area contributed by atoms with Crippen molar-refractivity contribution in [1.29, 1.82) is 0 Å². The lowest BCUT2D eigenvalue weighted by atomic mass is 9.93. The first-order valence-corrected chi connectivity index (χ1v) is 13.8. The molecule has 9 heteroatoms. The molecule has 1 heterocycles. The van der Waals surface area contributed by atoms with Crippen molar-refractivity contribution >= 4 is 23.2 Å². The number of halogens is 5. The third-order valence-corrected chi connectivity index (χ3v) is 7.44. The lowest BCUT2D eigenvalue weighted by molar-refractivity contribution is -0.138. The van der Waals surface area contributed by atoms with Gasteiger partial charge < -0.3 is 15.0 Å². The number of carbonyl (C=O) groups is 1. The number of carbonyl (C=O) groups excluding carboxylic acids is 1. The van der Waals surface area contributed by atoms with E-state index in [9.17, 15) is 22.4 Å². The van der Waals surface area contributed by atoms with Crippen LogP contribution >= 0.6 is 11.6 Å². The van der Waals surface area contributed by atoms with Gasteiger partial charge in [0.1, 0.15) is 11.6 Å². The molecule has 0 saturated carbocycles. The fourth-order valence-electron chi connectivity index (χ4n) is 5.09. The molecule has 0 aromatic heterocycles. The third-order valence-electron chi connectivity index (χ3n) is 7.20. The summed E-state index contributed by atoms with van der Waals surface area (Å²) in [5.41, 5.74) is 2.69. The Morgan fingerprint density at radius 2 is 1.64 bits per heavy atom. The van der Waals surface area contributed by atoms with Gasteiger partial charge in [0.2, 0.25) is 0 Å². The molecule has 1 unspecified atom stereocenters. The highest BCUT2D eigenvalue weighted by atomic mass is 35.5. The standard InChI is InChI=1S/C33H29ClF4N2O2/c1-32(2,42-29-13-9-25(10-14-29)33(36,37)38)31(41)39-28-18-24-17-23(22-6-11-27(35)12-7-22)8-15-30(24)40(20-28)19-21-4-3-5-26(34)16-21/h3-17,28H,18-20H2,1-2H3,(H,39,41). The largest absolute Gasteiger partial charge is 0.478 e. The molecule has 0 spiro atoms. The summed E-state index contributed by atoms with van der Waals surface area (Å²) >= 11 is 6.24. The molecular formula is C33H29ClF4N2O2. The van der Waals surface area contributed by atoms with Gasteiger partial charge in [-0.1, -0.05) is 41.9 Å². The van der Waals surface area contributed by atoms with Crippen molar-refractivity contribution < 1.29 is 27.1 Å². The SMILES string of the molecule is CC(C)(Oc1ccc(C(F)(F)F)cc1)C(=O)NC1Cc2cc(-c3ccc(F)cc3)ccc2N(Cc2cccc(Cl)c2)C1. The fourth-order valence-corrected chi connectivity index (χ4v) is 5.30. The number of fused-ring (bicyclic) bond motifs is 1. The van der Waals surface area contributed by atoms with Crippen LogP contribution in [0.5, 0.6) is 5.75 Å². The first-order chi connectivity index (χ1) is 19.9. The van der Waals surface area contributed by atoms with E-state index in [-0.39, 0.29) is 17.6 Å². The van der Waals surface area contributed by atoms with E-state index in [1.165, 1.54) is 24.3 Å². The predicted octanol–water partition coefficient (Wildman–Crippen LogP) is 8.07. The van der Waals surface area contributed by atoms with E-state index in [0.29, 0.717) is 24.5 Å². The van der Waals surface area contributed by atoms with Crippen molar-refractivity contribution in [2.24, 2.45) is 0 Å². The third kappa shape index (κ3) is 6.87. The van der Waals surface area contributed by atoms with Crippen molar-refractivity contribution in [1.82, 2.24) is 5.32 Å². The van der Waals surface area contributed by atoms with Crippen LogP contribution in [-0.2, 0) is 23.9 Å². The number of amides is 1. The Morgan fingerprint density at radius 3 is 2.31 bits per heavy atom. The van der Waals surface area contributed by atoms with Gasteiger partial charge in [0.15, 0.2) is 5.60 Å². The second-order valence-electron chi connectivity index (χ2n) is 10.9. The van der Waals surface area contributed by atoms with Gasteiger partial charge in [-0.3, -0.25) is 4.79 Å². The van der Waals surface area contributed by atoms with Gasteiger partial charge in [-0.15, -0.1) is 0 Å². The summed E-state index contributed by atoms with van der Waals surface area (Å²) in [5, 5.41) is 3.72. The second kappa shape index (κ2) is 11.7. The van der Waals surface area contributed by atoms with Crippen LogP contribution in [0.25, 0.3) is 11.1 Å². The van der Waals surface area contributed by atoms with E-state index < -0.39 is 23.2 Å². The van der Waals surface area contributed by atoms with E-state index in [0.717, 1.165) is 40.1 Å². The van der Waals surface area contributed by atoms with Crippen LogP contribution in [0.3, 0.4) is 0 Å². The lowest BCUT2D eigenvalue weighted by Crippen LogP contribution is -2.55. The maximum absolute atomic E-state index is 13.5. The van der Waals surface area contributed by atoms with Gasteiger partial charge in [0.25, 0.3) is 5.91 Å². The summed E-state index contributed by atoms with van der Waals surface area (Å²) in [4.78, 5) is 15.6. The van der Waals surface area contributed by atoms with Crippen LogP contribution in [0.2, 0.25) is 5.02 Å². The summed E-state index contributed by atoms with van der Waals surface area (Å²) in [6.07, 6.45) is -3.92. The molecule has 4 nitrogen and oxygen atoms in total. The fraction of sp³-hybridized carbons (Fsp3) is 0.242. The monoisotopic (exact) mass is 596 g/mol. The molecule has 1 aliphatic rings.